The van der Waals surface area contributed by atoms with Gasteiger partial charge in [-0.2, -0.15) is 0 Å². The topological polar surface area (TPSA) is 42.9 Å². The molecule has 0 atom stereocenters. The zero-order chi connectivity index (χ0) is 7.40. The normalized spacial score (nSPS) is 9.30. The lowest BCUT2D eigenvalue weighted by Gasteiger charge is -1.89. The number of carbonyl (C=O) groups excluding carboxylic acids is 1. The summed E-state index contributed by atoms with van der Waals surface area (Å²) in [5.74, 6) is -0.147. The standard InChI is InChI=1S/C6H5FN2O/c7-5-3-8-6(1-2-10)9-4-5/h2-4H,1H2. The predicted molar refractivity (Wildman–Crippen MR) is 31.8 cm³/mol. The Morgan fingerprint density at radius 2 is 2.10 bits per heavy atom. The Morgan fingerprint density at radius 3 is 2.60 bits per heavy atom. The Balaban J connectivity index is 2.78. The molecule has 1 rings (SSSR count). The molecule has 4 heteroatoms. The maximum Gasteiger partial charge on any atom is 0.159 e. The molecule has 0 unspecified atom stereocenters. The van der Waals surface area contributed by atoms with Crippen molar-refractivity contribution in [3.63, 3.8) is 0 Å². The fraction of sp³-hybridized carbons (Fsp3) is 0.167. The largest absolute Gasteiger partial charge is 0.303 e. The first-order chi connectivity index (χ1) is 4.83. The number of hydrogen-bond donors (Lipinski definition) is 0. The third kappa shape index (κ3) is 1.58. The van der Waals surface area contributed by atoms with Gasteiger partial charge in [-0.3, -0.25) is 0 Å². The number of nitrogens with zero attached hydrogens (tertiary/aromatic N) is 2. The van der Waals surface area contributed by atoms with Crippen LogP contribution >= 0.6 is 0 Å². The first-order valence-electron chi connectivity index (χ1n) is 2.73. The molecule has 0 aliphatic heterocycles. The summed E-state index contributed by atoms with van der Waals surface area (Å²) in [6.07, 6.45) is 2.88. The number of rotatable bonds is 2. The summed E-state index contributed by atoms with van der Waals surface area (Å²) < 4.78 is 12.1. The van der Waals surface area contributed by atoms with Crippen LogP contribution in [0.5, 0.6) is 0 Å². The third-order valence-electron chi connectivity index (χ3n) is 0.940. The van der Waals surface area contributed by atoms with Gasteiger partial charge in [0.05, 0.1) is 18.8 Å². The Labute approximate surface area is 56.9 Å². The van der Waals surface area contributed by atoms with Crippen molar-refractivity contribution in [3.05, 3.63) is 24.0 Å². The molecule has 0 saturated heterocycles. The molecule has 1 aromatic rings. The number of aldehydes is 1. The van der Waals surface area contributed by atoms with Crippen molar-refractivity contribution in [2.75, 3.05) is 0 Å². The van der Waals surface area contributed by atoms with Crippen molar-refractivity contribution in [1.29, 1.82) is 0 Å². The monoisotopic (exact) mass is 140 g/mol. The molecule has 0 N–H and O–H groups in total. The van der Waals surface area contributed by atoms with Crippen molar-refractivity contribution in [2.45, 2.75) is 6.42 Å². The summed E-state index contributed by atoms with van der Waals surface area (Å²) in [5, 5.41) is 0. The van der Waals surface area contributed by atoms with E-state index in [0.717, 1.165) is 12.4 Å². The number of hydrogen-bond acceptors (Lipinski definition) is 3. The highest BCUT2D eigenvalue weighted by Crippen LogP contribution is 1.91. The van der Waals surface area contributed by atoms with Gasteiger partial charge in [-0.1, -0.05) is 0 Å². The smallest absolute Gasteiger partial charge is 0.159 e. The summed E-state index contributed by atoms with van der Waals surface area (Å²) in [5.41, 5.74) is 0. The molecule has 1 aromatic heterocycles. The molecular formula is C6H5FN2O. The Hall–Kier alpha value is -1.32. The lowest BCUT2D eigenvalue weighted by Crippen LogP contribution is -1.95. The summed E-state index contributed by atoms with van der Waals surface area (Å²) in [6, 6.07) is 0. The van der Waals surface area contributed by atoms with Crippen LogP contribution in [0.2, 0.25) is 0 Å². The quantitative estimate of drug-likeness (QED) is 0.557. The van der Waals surface area contributed by atoms with Gasteiger partial charge in [0, 0.05) is 0 Å². The lowest BCUT2D eigenvalue weighted by atomic mass is 10.4. The van der Waals surface area contributed by atoms with Crippen molar-refractivity contribution in [3.8, 4) is 0 Å². The molecular weight excluding hydrogens is 135 g/mol. The Bertz CT molecular complexity index is 222. The van der Waals surface area contributed by atoms with E-state index in [0.29, 0.717) is 12.1 Å². The van der Waals surface area contributed by atoms with Crippen molar-refractivity contribution in [2.24, 2.45) is 0 Å². The Morgan fingerprint density at radius 1 is 1.50 bits per heavy atom. The van der Waals surface area contributed by atoms with Gasteiger partial charge in [0.2, 0.25) is 0 Å². The molecule has 0 bridgehead atoms. The molecule has 0 aromatic carbocycles. The van der Waals surface area contributed by atoms with Crippen LogP contribution in [0.4, 0.5) is 4.39 Å². The van der Waals surface area contributed by atoms with Gasteiger partial charge in [-0.15, -0.1) is 0 Å². The van der Waals surface area contributed by atoms with E-state index in [-0.39, 0.29) is 6.42 Å². The first kappa shape index (κ1) is 6.80. The van der Waals surface area contributed by atoms with Gasteiger partial charge in [0.1, 0.15) is 12.1 Å². The summed E-state index contributed by atoms with van der Waals surface area (Å²) >= 11 is 0. The van der Waals surface area contributed by atoms with Crippen molar-refractivity contribution < 1.29 is 9.18 Å². The molecule has 0 amide bonds. The lowest BCUT2D eigenvalue weighted by molar-refractivity contribution is -0.107. The van der Waals surface area contributed by atoms with Crippen LogP contribution in [0.3, 0.4) is 0 Å². The molecule has 10 heavy (non-hydrogen) atoms. The van der Waals surface area contributed by atoms with E-state index in [4.69, 9.17) is 0 Å². The molecule has 0 spiro atoms. The second-order valence-corrected chi connectivity index (χ2v) is 1.69. The highest BCUT2D eigenvalue weighted by atomic mass is 19.1. The zero-order valence-corrected chi connectivity index (χ0v) is 5.12. The second kappa shape index (κ2) is 3.00. The summed E-state index contributed by atoms with van der Waals surface area (Å²) in [6.45, 7) is 0. The zero-order valence-electron chi connectivity index (χ0n) is 5.12. The molecule has 0 radical (unpaired) electrons. The van der Waals surface area contributed by atoms with Gasteiger partial charge in [0.25, 0.3) is 0 Å². The summed E-state index contributed by atoms with van der Waals surface area (Å²) in [7, 11) is 0. The van der Waals surface area contributed by atoms with Crippen LogP contribution in [-0.4, -0.2) is 16.3 Å². The Kier molecular flexibility index (Phi) is 2.04. The first-order valence-corrected chi connectivity index (χ1v) is 2.73. The van der Waals surface area contributed by atoms with Crippen LogP contribution in [0.15, 0.2) is 12.4 Å². The van der Waals surface area contributed by atoms with Crippen LogP contribution in [-0.2, 0) is 11.2 Å². The number of halogens is 1. The van der Waals surface area contributed by atoms with Gasteiger partial charge >= 0.3 is 0 Å². The van der Waals surface area contributed by atoms with Crippen LogP contribution < -0.4 is 0 Å². The molecule has 3 nitrogen and oxygen atoms in total. The van der Waals surface area contributed by atoms with E-state index in [9.17, 15) is 9.18 Å². The van der Waals surface area contributed by atoms with Crippen LogP contribution in [0, 0.1) is 5.82 Å². The molecule has 1 heterocycles. The van der Waals surface area contributed by atoms with Crippen molar-refractivity contribution in [1.82, 2.24) is 9.97 Å². The van der Waals surface area contributed by atoms with E-state index < -0.39 is 5.82 Å². The van der Waals surface area contributed by atoms with Gasteiger partial charge in [0.15, 0.2) is 5.82 Å². The molecule has 0 aliphatic carbocycles. The van der Waals surface area contributed by atoms with E-state index in [2.05, 4.69) is 9.97 Å². The van der Waals surface area contributed by atoms with E-state index in [1.807, 2.05) is 0 Å². The highest BCUT2D eigenvalue weighted by Gasteiger charge is 1.93. The second-order valence-electron chi connectivity index (χ2n) is 1.69. The maximum atomic E-state index is 12.1. The number of aromatic nitrogens is 2. The van der Waals surface area contributed by atoms with Gasteiger partial charge < -0.3 is 4.79 Å². The molecule has 0 aliphatic rings. The average molecular weight is 140 g/mol. The molecule has 52 valence electrons. The third-order valence-corrected chi connectivity index (χ3v) is 0.940. The minimum absolute atomic E-state index is 0.139. The highest BCUT2D eigenvalue weighted by molar-refractivity contribution is 5.52. The van der Waals surface area contributed by atoms with E-state index in [1.165, 1.54) is 0 Å². The van der Waals surface area contributed by atoms with Crippen LogP contribution in [0.25, 0.3) is 0 Å². The molecule has 0 saturated carbocycles. The van der Waals surface area contributed by atoms with Crippen molar-refractivity contribution >= 4 is 6.29 Å². The van der Waals surface area contributed by atoms with Crippen LogP contribution in [0.1, 0.15) is 5.82 Å². The fourth-order valence-corrected chi connectivity index (χ4v) is 0.519. The predicted octanol–water partition coefficient (Wildman–Crippen LogP) is 0.357. The van der Waals surface area contributed by atoms with Gasteiger partial charge in [-0.25, -0.2) is 14.4 Å². The minimum Gasteiger partial charge on any atom is -0.303 e. The fourth-order valence-electron chi connectivity index (χ4n) is 0.519. The SMILES string of the molecule is O=CCc1ncc(F)cn1. The molecule has 0 fully saturated rings. The van der Waals surface area contributed by atoms with Gasteiger partial charge in [-0.05, 0) is 0 Å². The average Bonchev–Trinajstić information content (AvgIpc) is 1.95. The van der Waals surface area contributed by atoms with E-state index in [1.54, 1.807) is 0 Å². The number of carbonyl (C=O) groups is 1. The van der Waals surface area contributed by atoms with E-state index >= 15 is 0 Å². The maximum absolute atomic E-state index is 12.1. The minimum atomic E-state index is -0.491. The summed E-state index contributed by atoms with van der Waals surface area (Å²) in [4.78, 5) is 17.0.